The van der Waals surface area contributed by atoms with Crippen molar-refractivity contribution >= 4 is 17.9 Å². The minimum atomic E-state index is -0.759. The number of amides is 2. The molecule has 0 aromatic carbocycles. The van der Waals surface area contributed by atoms with Crippen molar-refractivity contribution in [3.63, 3.8) is 0 Å². The number of rotatable bonds is 5. The molecule has 0 atom stereocenters. The molecule has 120 valence electrons. The van der Waals surface area contributed by atoms with Crippen molar-refractivity contribution in [2.75, 3.05) is 6.54 Å². The number of carbonyl (C=O) groups excluding carboxylic acids is 2. The van der Waals surface area contributed by atoms with E-state index in [0.717, 1.165) is 24.8 Å². The molecule has 0 aliphatic heterocycles. The maximum absolute atomic E-state index is 12.4. The lowest BCUT2D eigenvalue weighted by Gasteiger charge is -2.36. The van der Waals surface area contributed by atoms with Crippen LogP contribution >= 0.6 is 0 Å². The van der Waals surface area contributed by atoms with Crippen LogP contribution in [0.4, 0.5) is 0 Å². The average molecular weight is 304 g/mol. The van der Waals surface area contributed by atoms with Crippen LogP contribution in [0.2, 0.25) is 0 Å². The first kappa shape index (κ1) is 16.3. The molecule has 22 heavy (non-hydrogen) atoms. The number of nitrogens with one attached hydrogen (secondary N) is 2. The lowest BCUT2D eigenvalue weighted by molar-refractivity contribution is -0.133. The molecule has 1 aromatic heterocycles. The molecule has 1 heterocycles. The molecule has 0 bridgehead atoms. The second-order valence-corrected chi connectivity index (χ2v) is 5.77. The van der Waals surface area contributed by atoms with Gasteiger partial charge in [-0.2, -0.15) is 5.10 Å². The SMILES string of the molecule is CCNC(=O)C1(NC(=O)/C=C\c2cnn(C)c2)CCCCC1. The maximum atomic E-state index is 12.4. The summed E-state index contributed by atoms with van der Waals surface area (Å²) in [6.45, 7) is 2.46. The number of aromatic nitrogens is 2. The first-order valence-electron chi connectivity index (χ1n) is 7.83. The largest absolute Gasteiger partial charge is 0.354 e. The smallest absolute Gasteiger partial charge is 0.245 e. The minimum Gasteiger partial charge on any atom is -0.354 e. The summed E-state index contributed by atoms with van der Waals surface area (Å²) in [5.41, 5.74) is 0.0957. The normalized spacial score (nSPS) is 17.4. The van der Waals surface area contributed by atoms with Gasteiger partial charge in [0.25, 0.3) is 0 Å². The number of hydrogen-bond donors (Lipinski definition) is 2. The highest BCUT2D eigenvalue weighted by Gasteiger charge is 2.40. The molecule has 0 saturated heterocycles. The molecule has 6 nitrogen and oxygen atoms in total. The van der Waals surface area contributed by atoms with Crippen LogP contribution in [0.1, 0.15) is 44.6 Å². The standard InChI is InChI=1S/C16H24N4O2/c1-3-17-15(22)16(9-5-4-6-10-16)19-14(21)8-7-13-11-18-20(2)12-13/h7-8,11-12H,3-6,9-10H2,1-2H3,(H,17,22)(H,19,21)/b8-7-. The Balaban J connectivity index is 2.04. The van der Waals surface area contributed by atoms with Crippen molar-refractivity contribution in [1.29, 1.82) is 0 Å². The van der Waals surface area contributed by atoms with E-state index in [1.165, 1.54) is 6.08 Å². The Bertz CT molecular complexity index is 556. The molecular formula is C16H24N4O2. The molecule has 1 saturated carbocycles. The summed E-state index contributed by atoms with van der Waals surface area (Å²) in [6, 6.07) is 0. The monoisotopic (exact) mass is 304 g/mol. The van der Waals surface area contributed by atoms with Crippen molar-refractivity contribution in [2.45, 2.75) is 44.6 Å². The summed E-state index contributed by atoms with van der Waals surface area (Å²) in [6.07, 6.45) is 11.1. The topological polar surface area (TPSA) is 76.0 Å². The molecule has 1 aliphatic carbocycles. The molecule has 2 rings (SSSR count). The van der Waals surface area contributed by atoms with E-state index in [2.05, 4.69) is 15.7 Å². The van der Waals surface area contributed by atoms with Crippen molar-refractivity contribution in [3.8, 4) is 0 Å². The minimum absolute atomic E-state index is 0.0715. The van der Waals surface area contributed by atoms with Gasteiger partial charge in [-0.15, -0.1) is 0 Å². The van der Waals surface area contributed by atoms with Gasteiger partial charge in [0.05, 0.1) is 6.20 Å². The van der Waals surface area contributed by atoms with Crippen LogP contribution in [0.15, 0.2) is 18.5 Å². The molecule has 0 radical (unpaired) electrons. The van der Waals surface area contributed by atoms with Crippen LogP contribution in [-0.4, -0.2) is 33.7 Å². The van der Waals surface area contributed by atoms with E-state index in [0.29, 0.717) is 19.4 Å². The average Bonchev–Trinajstić information content (AvgIpc) is 2.92. The molecule has 6 heteroatoms. The van der Waals surface area contributed by atoms with Crippen LogP contribution in [0.3, 0.4) is 0 Å². The van der Waals surface area contributed by atoms with Crippen molar-refractivity contribution in [2.24, 2.45) is 7.05 Å². The third-order valence-corrected chi connectivity index (χ3v) is 3.99. The summed E-state index contributed by atoms with van der Waals surface area (Å²) >= 11 is 0. The highest BCUT2D eigenvalue weighted by atomic mass is 16.2. The molecule has 1 aliphatic rings. The fraction of sp³-hybridized carbons (Fsp3) is 0.562. The van der Waals surface area contributed by atoms with Gasteiger partial charge in [-0.25, -0.2) is 0 Å². The van der Waals surface area contributed by atoms with Gasteiger partial charge >= 0.3 is 0 Å². The summed E-state index contributed by atoms with van der Waals surface area (Å²) in [4.78, 5) is 24.6. The third kappa shape index (κ3) is 3.96. The van der Waals surface area contributed by atoms with E-state index in [9.17, 15) is 9.59 Å². The van der Waals surface area contributed by atoms with Crippen LogP contribution in [-0.2, 0) is 16.6 Å². The lowest BCUT2D eigenvalue weighted by atomic mass is 9.80. The number of carbonyl (C=O) groups is 2. The van der Waals surface area contributed by atoms with Crippen molar-refractivity contribution < 1.29 is 9.59 Å². The Hall–Kier alpha value is -2.11. The van der Waals surface area contributed by atoms with Crippen LogP contribution in [0, 0.1) is 0 Å². The molecule has 0 unspecified atom stereocenters. The molecule has 0 spiro atoms. The number of hydrogen-bond acceptors (Lipinski definition) is 3. The first-order chi connectivity index (χ1) is 10.6. The number of likely N-dealkylation sites (N-methyl/N-ethyl adjacent to an activating group) is 1. The van der Waals surface area contributed by atoms with Crippen LogP contribution < -0.4 is 10.6 Å². The Morgan fingerprint density at radius 2 is 2.09 bits per heavy atom. The second kappa shape index (κ2) is 7.24. The highest BCUT2D eigenvalue weighted by molar-refractivity contribution is 5.97. The van der Waals surface area contributed by atoms with E-state index in [4.69, 9.17) is 0 Å². The Labute approximate surface area is 131 Å². The van der Waals surface area contributed by atoms with Gasteiger partial charge in [0.1, 0.15) is 5.54 Å². The van der Waals surface area contributed by atoms with E-state index in [1.54, 1.807) is 17.0 Å². The van der Waals surface area contributed by atoms with Gasteiger partial charge in [0.15, 0.2) is 0 Å². The fourth-order valence-electron chi connectivity index (χ4n) is 2.87. The predicted molar refractivity (Wildman–Crippen MR) is 84.9 cm³/mol. The highest BCUT2D eigenvalue weighted by Crippen LogP contribution is 2.28. The van der Waals surface area contributed by atoms with Gasteiger partial charge < -0.3 is 10.6 Å². The Morgan fingerprint density at radius 3 is 2.68 bits per heavy atom. The Morgan fingerprint density at radius 1 is 1.36 bits per heavy atom. The Kier molecular flexibility index (Phi) is 5.35. The summed E-state index contributed by atoms with van der Waals surface area (Å²) < 4.78 is 1.68. The van der Waals surface area contributed by atoms with Crippen molar-refractivity contribution in [1.82, 2.24) is 20.4 Å². The van der Waals surface area contributed by atoms with Gasteiger partial charge in [-0.3, -0.25) is 14.3 Å². The van der Waals surface area contributed by atoms with E-state index >= 15 is 0 Å². The van der Waals surface area contributed by atoms with Gasteiger partial charge in [-0.05, 0) is 25.8 Å². The van der Waals surface area contributed by atoms with E-state index in [1.807, 2.05) is 20.2 Å². The first-order valence-corrected chi connectivity index (χ1v) is 7.83. The lowest BCUT2D eigenvalue weighted by Crippen LogP contribution is -2.59. The predicted octanol–water partition coefficient (Wildman–Crippen LogP) is 1.39. The summed E-state index contributed by atoms with van der Waals surface area (Å²) in [7, 11) is 1.82. The van der Waals surface area contributed by atoms with Crippen molar-refractivity contribution in [3.05, 3.63) is 24.0 Å². The number of aryl methyl sites for hydroxylation is 1. The third-order valence-electron chi connectivity index (χ3n) is 3.99. The second-order valence-electron chi connectivity index (χ2n) is 5.77. The zero-order valence-corrected chi connectivity index (χ0v) is 13.3. The zero-order chi connectivity index (χ0) is 16.0. The molecule has 1 fully saturated rings. The van der Waals surface area contributed by atoms with Gasteiger partial charge in [0, 0.05) is 31.4 Å². The zero-order valence-electron chi connectivity index (χ0n) is 13.3. The van der Waals surface area contributed by atoms with Crippen LogP contribution in [0.25, 0.3) is 6.08 Å². The molecule has 1 aromatic rings. The quantitative estimate of drug-likeness (QED) is 0.807. The van der Waals surface area contributed by atoms with Crippen LogP contribution in [0.5, 0.6) is 0 Å². The summed E-state index contributed by atoms with van der Waals surface area (Å²) in [5.74, 6) is -0.310. The number of nitrogens with zero attached hydrogens (tertiary/aromatic N) is 2. The molecule has 2 N–H and O–H groups in total. The van der Waals surface area contributed by atoms with E-state index in [-0.39, 0.29) is 11.8 Å². The maximum Gasteiger partial charge on any atom is 0.245 e. The summed E-state index contributed by atoms with van der Waals surface area (Å²) in [5, 5.41) is 9.82. The van der Waals surface area contributed by atoms with E-state index < -0.39 is 5.54 Å². The molecule has 2 amide bonds. The van der Waals surface area contributed by atoms with Gasteiger partial charge in [-0.1, -0.05) is 19.3 Å². The fourth-order valence-corrected chi connectivity index (χ4v) is 2.87. The molecular weight excluding hydrogens is 280 g/mol. The van der Waals surface area contributed by atoms with Gasteiger partial charge in [0.2, 0.25) is 11.8 Å².